The Labute approximate surface area is 116 Å². The lowest BCUT2D eigenvalue weighted by Gasteiger charge is -2.23. The van der Waals surface area contributed by atoms with Crippen molar-refractivity contribution in [2.45, 2.75) is 37.1 Å². The van der Waals surface area contributed by atoms with E-state index in [9.17, 15) is 28.6 Å². The highest BCUT2D eigenvalue weighted by Crippen LogP contribution is 2.41. The van der Waals surface area contributed by atoms with Crippen molar-refractivity contribution in [3.63, 3.8) is 0 Å². The number of rotatable bonds is 2. The maximum Gasteiger partial charge on any atom is 0.330 e. The fraction of sp³-hybridized carbons (Fsp3) is 0.500. The van der Waals surface area contributed by atoms with Crippen molar-refractivity contribution in [2.24, 2.45) is 0 Å². The van der Waals surface area contributed by atoms with E-state index in [0.29, 0.717) is 10.8 Å². The molecule has 0 radical (unpaired) electrons. The van der Waals surface area contributed by atoms with Gasteiger partial charge in [-0.1, -0.05) is 5.92 Å². The zero-order chi connectivity index (χ0) is 15.9. The minimum absolute atomic E-state index is 0.391. The van der Waals surface area contributed by atoms with E-state index in [-0.39, 0.29) is 0 Å². The summed E-state index contributed by atoms with van der Waals surface area (Å²) in [4.78, 5) is 24.2. The van der Waals surface area contributed by atoms with Crippen molar-refractivity contribution in [1.29, 1.82) is 0 Å². The van der Waals surface area contributed by atoms with E-state index in [1.54, 1.807) is 10.9 Å². The van der Waals surface area contributed by atoms with Crippen molar-refractivity contribution in [3.8, 4) is 12.3 Å². The van der Waals surface area contributed by atoms with E-state index < -0.39 is 47.3 Å². The Balaban J connectivity index is 2.58. The summed E-state index contributed by atoms with van der Waals surface area (Å²) in [5, 5.41) is 19.3. The highest BCUT2D eigenvalue weighted by atomic mass is 19.1. The summed E-state index contributed by atoms with van der Waals surface area (Å²) in [6.07, 6.45) is -1.08. The SMILES string of the molecule is C#C[C@@]1(F)C(O)[C@@H]([C@@H](C)O)O[C@H]1n1cc(F)c(=O)[nH]c1=O. The van der Waals surface area contributed by atoms with Crippen LogP contribution in [-0.4, -0.2) is 43.7 Å². The lowest BCUT2D eigenvalue weighted by Crippen LogP contribution is -2.46. The van der Waals surface area contributed by atoms with E-state index >= 15 is 0 Å². The Kier molecular flexibility index (Phi) is 3.71. The van der Waals surface area contributed by atoms with Crippen molar-refractivity contribution < 1.29 is 23.7 Å². The average Bonchev–Trinajstić information content (AvgIpc) is 2.68. The second-order valence-corrected chi connectivity index (χ2v) is 4.69. The Morgan fingerprint density at radius 2 is 2.24 bits per heavy atom. The summed E-state index contributed by atoms with van der Waals surface area (Å²) in [5.74, 6) is 0.304. The Morgan fingerprint density at radius 3 is 2.76 bits per heavy atom. The van der Waals surface area contributed by atoms with Crippen molar-refractivity contribution in [3.05, 3.63) is 32.9 Å². The van der Waals surface area contributed by atoms with Crippen LogP contribution in [0.2, 0.25) is 0 Å². The summed E-state index contributed by atoms with van der Waals surface area (Å²) in [6, 6.07) is 0. The maximum atomic E-state index is 14.7. The van der Waals surface area contributed by atoms with Crippen molar-refractivity contribution in [2.75, 3.05) is 0 Å². The summed E-state index contributed by atoms with van der Waals surface area (Å²) in [7, 11) is 0. The molecule has 0 spiro atoms. The normalized spacial score (nSPS) is 33.6. The quantitative estimate of drug-likeness (QED) is 0.586. The van der Waals surface area contributed by atoms with E-state index in [4.69, 9.17) is 11.2 Å². The minimum Gasteiger partial charge on any atom is -0.391 e. The molecule has 2 heterocycles. The van der Waals surface area contributed by atoms with Crippen molar-refractivity contribution in [1.82, 2.24) is 9.55 Å². The minimum atomic E-state index is -2.88. The van der Waals surface area contributed by atoms with Gasteiger partial charge in [-0.3, -0.25) is 14.3 Å². The highest BCUT2D eigenvalue weighted by Gasteiger charge is 2.59. The predicted octanol–water partition coefficient (Wildman–Crippen LogP) is -1.34. The standard InChI is InChI=1S/C12H12F2N2O5/c1-3-12(14)8(18)7(5(2)17)21-10(12)16-4-6(13)9(19)15-11(16)20/h1,4-5,7-8,10,17-18H,2H3,(H,15,19,20)/t5-,7-,8?,10-,12-/m1/s1. The molecular weight excluding hydrogens is 290 g/mol. The van der Waals surface area contributed by atoms with Crippen LogP contribution < -0.4 is 11.2 Å². The number of H-pyrrole nitrogens is 1. The fourth-order valence-electron chi connectivity index (χ4n) is 2.14. The van der Waals surface area contributed by atoms with E-state index in [1.807, 2.05) is 0 Å². The monoisotopic (exact) mass is 302 g/mol. The second kappa shape index (κ2) is 5.07. The Bertz CT molecular complexity index is 707. The van der Waals surface area contributed by atoms with Crippen LogP contribution in [0.5, 0.6) is 0 Å². The van der Waals surface area contributed by atoms with Crippen LogP contribution in [0.15, 0.2) is 15.8 Å². The summed E-state index contributed by atoms with van der Waals surface area (Å²) < 4.78 is 33.4. The topological polar surface area (TPSA) is 105 Å². The predicted molar refractivity (Wildman–Crippen MR) is 65.6 cm³/mol. The molecule has 0 amide bonds. The number of hydrogen-bond donors (Lipinski definition) is 3. The summed E-state index contributed by atoms with van der Waals surface area (Å²) in [6.45, 7) is 1.23. The fourth-order valence-corrected chi connectivity index (χ4v) is 2.14. The first-order valence-electron chi connectivity index (χ1n) is 5.91. The zero-order valence-electron chi connectivity index (χ0n) is 10.8. The molecular formula is C12H12F2N2O5. The summed E-state index contributed by atoms with van der Waals surface area (Å²) in [5.41, 5.74) is -5.33. The number of nitrogens with zero attached hydrogens (tertiary/aromatic N) is 1. The van der Waals surface area contributed by atoms with Gasteiger partial charge in [0.1, 0.15) is 12.2 Å². The highest BCUT2D eigenvalue weighted by molar-refractivity contribution is 5.20. The molecule has 2 rings (SSSR count). The molecule has 1 unspecified atom stereocenters. The molecule has 9 heteroatoms. The Hall–Kier alpha value is -2.02. The van der Waals surface area contributed by atoms with Crippen molar-refractivity contribution >= 4 is 0 Å². The van der Waals surface area contributed by atoms with Gasteiger partial charge in [0, 0.05) is 0 Å². The first-order valence-corrected chi connectivity index (χ1v) is 5.91. The molecule has 1 aromatic rings. The number of hydrogen-bond acceptors (Lipinski definition) is 5. The van der Waals surface area contributed by atoms with Gasteiger partial charge in [0.2, 0.25) is 11.5 Å². The number of ether oxygens (including phenoxy) is 1. The third-order valence-electron chi connectivity index (χ3n) is 3.26. The van der Waals surface area contributed by atoms with E-state index in [2.05, 4.69) is 0 Å². The lowest BCUT2D eigenvalue weighted by atomic mass is 9.95. The molecule has 7 nitrogen and oxygen atoms in total. The van der Waals surface area contributed by atoms with Crippen LogP contribution in [0.3, 0.4) is 0 Å². The molecule has 0 aliphatic carbocycles. The molecule has 1 aromatic heterocycles. The molecule has 1 saturated heterocycles. The Morgan fingerprint density at radius 1 is 1.62 bits per heavy atom. The molecule has 0 bridgehead atoms. The molecule has 114 valence electrons. The van der Waals surface area contributed by atoms with E-state index in [0.717, 1.165) is 0 Å². The second-order valence-electron chi connectivity index (χ2n) is 4.69. The molecule has 0 saturated carbocycles. The molecule has 1 fully saturated rings. The van der Waals surface area contributed by atoms with Gasteiger partial charge >= 0.3 is 5.69 Å². The van der Waals surface area contributed by atoms with Gasteiger partial charge < -0.3 is 14.9 Å². The largest absolute Gasteiger partial charge is 0.391 e. The number of halogens is 2. The van der Waals surface area contributed by atoms with Gasteiger partial charge in [0.15, 0.2) is 6.23 Å². The number of terminal acetylenes is 1. The smallest absolute Gasteiger partial charge is 0.330 e. The average molecular weight is 302 g/mol. The number of aromatic amines is 1. The first kappa shape index (κ1) is 15.4. The number of nitrogens with one attached hydrogen (secondary N) is 1. The number of aliphatic hydroxyl groups excluding tert-OH is 2. The van der Waals surface area contributed by atoms with E-state index in [1.165, 1.54) is 6.92 Å². The van der Waals surface area contributed by atoms with Crippen LogP contribution >= 0.6 is 0 Å². The van der Waals surface area contributed by atoms with Crippen LogP contribution in [0.25, 0.3) is 0 Å². The van der Waals surface area contributed by atoms with Gasteiger partial charge in [-0.05, 0) is 6.92 Å². The first-order chi connectivity index (χ1) is 9.72. The number of alkyl halides is 1. The molecule has 21 heavy (non-hydrogen) atoms. The molecule has 1 aliphatic heterocycles. The van der Waals surface area contributed by atoms with Gasteiger partial charge in [0.25, 0.3) is 5.56 Å². The molecule has 0 aromatic carbocycles. The van der Waals surface area contributed by atoms with Gasteiger partial charge in [-0.15, -0.1) is 6.42 Å². The zero-order valence-corrected chi connectivity index (χ0v) is 10.8. The van der Waals surface area contributed by atoms with Gasteiger partial charge in [-0.25, -0.2) is 9.18 Å². The summed E-state index contributed by atoms with van der Waals surface area (Å²) >= 11 is 0. The third kappa shape index (κ3) is 2.27. The van der Waals surface area contributed by atoms with Gasteiger partial charge in [0.05, 0.1) is 12.3 Å². The third-order valence-corrected chi connectivity index (χ3v) is 3.26. The van der Waals surface area contributed by atoms with Crippen LogP contribution in [0.4, 0.5) is 8.78 Å². The maximum absolute atomic E-state index is 14.7. The molecule has 3 N–H and O–H groups in total. The molecule has 5 atom stereocenters. The van der Waals surface area contributed by atoms with Crippen LogP contribution in [0.1, 0.15) is 13.2 Å². The van der Waals surface area contributed by atoms with Crippen LogP contribution in [-0.2, 0) is 4.74 Å². The van der Waals surface area contributed by atoms with Gasteiger partial charge in [-0.2, -0.15) is 4.39 Å². The number of aromatic nitrogens is 2. The van der Waals surface area contributed by atoms with Crippen LogP contribution in [0, 0.1) is 18.2 Å². The lowest BCUT2D eigenvalue weighted by molar-refractivity contribution is -0.0805. The molecule has 1 aliphatic rings. The number of aliphatic hydroxyl groups is 2.